The lowest BCUT2D eigenvalue weighted by Gasteiger charge is -2.06. The SMILES string of the molecule is [CH2-]c1ccc(CC(=O)NCCN)cc1. The molecule has 3 N–H and O–H groups in total. The number of nitrogens with one attached hydrogen (secondary N) is 1. The van der Waals surface area contributed by atoms with E-state index in [1.165, 1.54) is 0 Å². The fraction of sp³-hybridized carbons (Fsp3) is 0.273. The zero-order chi connectivity index (χ0) is 10.4. The molecule has 1 aromatic rings. The molecule has 0 fully saturated rings. The molecular formula is C11H15N2O-. The van der Waals surface area contributed by atoms with Crippen LogP contribution in [0.1, 0.15) is 11.1 Å². The van der Waals surface area contributed by atoms with Gasteiger partial charge in [-0.1, -0.05) is 5.56 Å². The number of carbonyl (C=O) groups is 1. The van der Waals surface area contributed by atoms with Crippen molar-refractivity contribution in [3.63, 3.8) is 0 Å². The molecule has 3 nitrogen and oxygen atoms in total. The van der Waals surface area contributed by atoms with Gasteiger partial charge in [0.2, 0.25) is 5.91 Å². The molecule has 0 heterocycles. The Hall–Kier alpha value is -1.48. The lowest BCUT2D eigenvalue weighted by atomic mass is 10.1. The minimum absolute atomic E-state index is 0.00672. The summed E-state index contributed by atoms with van der Waals surface area (Å²) < 4.78 is 0. The number of benzene rings is 1. The fourth-order valence-corrected chi connectivity index (χ4v) is 1.12. The van der Waals surface area contributed by atoms with Gasteiger partial charge in [0.1, 0.15) is 0 Å². The van der Waals surface area contributed by atoms with E-state index in [9.17, 15) is 4.79 Å². The van der Waals surface area contributed by atoms with E-state index in [0.29, 0.717) is 19.5 Å². The average Bonchev–Trinajstić information content (AvgIpc) is 2.18. The van der Waals surface area contributed by atoms with Crippen molar-refractivity contribution in [3.05, 3.63) is 42.3 Å². The molecule has 76 valence electrons. The van der Waals surface area contributed by atoms with Gasteiger partial charge in [-0.15, -0.1) is 12.1 Å². The van der Waals surface area contributed by atoms with E-state index in [0.717, 1.165) is 11.1 Å². The minimum Gasteiger partial charge on any atom is -0.355 e. The van der Waals surface area contributed by atoms with Crippen LogP contribution in [0.15, 0.2) is 24.3 Å². The molecule has 0 aliphatic heterocycles. The van der Waals surface area contributed by atoms with E-state index in [1.54, 1.807) is 0 Å². The van der Waals surface area contributed by atoms with Gasteiger partial charge in [-0.05, 0) is 0 Å². The van der Waals surface area contributed by atoms with E-state index >= 15 is 0 Å². The van der Waals surface area contributed by atoms with Crippen molar-refractivity contribution in [3.8, 4) is 0 Å². The molecule has 0 spiro atoms. The normalized spacial score (nSPS) is 9.79. The minimum atomic E-state index is 0.00672. The second kappa shape index (κ2) is 5.29. The summed E-state index contributed by atoms with van der Waals surface area (Å²) in [6.45, 7) is 4.78. The first-order valence-electron chi connectivity index (χ1n) is 4.60. The standard InChI is InChI=1S/C11H15N2O/c1-9-2-4-10(5-3-9)8-11(14)13-7-6-12/h2-5H,1,6-8,12H2,(H,13,14)/q-1. The molecule has 0 saturated carbocycles. The third kappa shape index (κ3) is 3.49. The third-order valence-corrected chi connectivity index (χ3v) is 1.85. The molecule has 3 heteroatoms. The Labute approximate surface area is 84.3 Å². The largest absolute Gasteiger partial charge is 0.355 e. The Bertz CT molecular complexity index is 293. The van der Waals surface area contributed by atoms with Gasteiger partial charge >= 0.3 is 0 Å². The van der Waals surface area contributed by atoms with Crippen LogP contribution in [-0.2, 0) is 11.2 Å². The number of hydrogen-bond donors (Lipinski definition) is 2. The summed E-state index contributed by atoms with van der Waals surface area (Å²) in [4.78, 5) is 11.3. The van der Waals surface area contributed by atoms with Crippen LogP contribution in [-0.4, -0.2) is 19.0 Å². The third-order valence-electron chi connectivity index (χ3n) is 1.85. The van der Waals surface area contributed by atoms with Gasteiger partial charge in [0, 0.05) is 19.5 Å². The molecule has 1 aromatic carbocycles. The average molecular weight is 191 g/mol. The van der Waals surface area contributed by atoms with Gasteiger partial charge in [-0.3, -0.25) is 4.79 Å². The van der Waals surface area contributed by atoms with E-state index < -0.39 is 0 Å². The van der Waals surface area contributed by atoms with Gasteiger partial charge in [0.05, 0.1) is 0 Å². The first kappa shape index (κ1) is 10.6. The van der Waals surface area contributed by atoms with Gasteiger partial charge in [-0.2, -0.15) is 24.6 Å². The molecule has 1 rings (SSSR count). The summed E-state index contributed by atoms with van der Waals surface area (Å²) in [5, 5.41) is 2.72. The molecule has 0 aromatic heterocycles. The van der Waals surface area contributed by atoms with Crippen LogP contribution >= 0.6 is 0 Å². The lowest BCUT2D eigenvalue weighted by molar-refractivity contribution is -0.120. The number of rotatable bonds is 4. The second-order valence-electron chi connectivity index (χ2n) is 3.13. The number of hydrogen-bond acceptors (Lipinski definition) is 2. The highest BCUT2D eigenvalue weighted by Gasteiger charge is 1.99. The molecular weight excluding hydrogens is 176 g/mol. The smallest absolute Gasteiger partial charge is 0.224 e. The maximum atomic E-state index is 11.3. The number of amides is 1. The van der Waals surface area contributed by atoms with Gasteiger partial charge in [0.15, 0.2) is 0 Å². The number of carbonyl (C=O) groups excluding carboxylic acids is 1. The van der Waals surface area contributed by atoms with Gasteiger partial charge < -0.3 is 11.1 Å². The summed E-state index contributed by atoms with van der Waals surface area (Å²) in [5.74, 6) is 0.00672. The van der Waals surface area contributed by atoms with Crippen LogP contribution in [0.5, 0.6) is 0 Å². The Balaban J connectivity index is 2.44. The Morgan fingerprint density at radius 1 is 1.36 bits per heavy atom. The summed E-state index contributed by atoms with van der Waals surface area (Å²) in [6, 6.07) is 7.60. The van der Waals surface area contributed by atoms with Gasteiger partial charge in [0.25, 0.3) is 0 Å². The van der Waals surface area contributed by atoms with Crippen molar-refractivity contribution >= 4 is 5.91 Å². The fourth-order valence-electron chi connectivity index (χ4n) is 1.12. The molecule has 0 aliphatic carbocycles. The zero-order valence-electron chi connectivity index (χ0n) is 8.12. The molecule has 0 radical (unpaired) electrons. The Morgan fingerprint density at radius 2 is 2.00 bits per heavy atom. The van der Waals surface area contributed by atoms with Crippen LogP contribution in [0.25, 0.3) is 0 Å². The predicted molar refractivity (Wildman–Crippen MR) is 56.7 cm³/mol. The molecule has 0 saturated heterocycles. The van der Waals surface area contributed by atoms with Crippen molar-refractivity contribution in [1.29, 1.82) is 0 Å². The monoisotopic (exact) mass is 191 g/mol. The van der Waals surface area contributed by atoms with E-state index in [2.05, 4.69) is 12.2 Å². The zero-order valence-corrected chi connectivity index (χ0v) is 8.12. The molecule has 0 aliphatic rings. The van der Waals surface area contributed by atoms with E-state index in [1.807, 2.05) is 24.3 Å². The highest BCUT2D eigenvalue weighted by atomic mass is 16.1. The van der Waals surface area contributed by atoms with E-state index in [4.69, 9.17) is 5.73 Å². The van der Waals surface area contributed by atoms with Crippen molar-refractivity contribution in [2.45, 2.75) is 6.42 Å². The van der Waals surface area contributed by atoms with Crippen LogP contribution in [0.4, 0.5) is 0 Å². The second-order valence-corrected chi connectivity index (χ2v) is 3.13. The van der Waals surface area contributed by atoms with Crippen LogP contribution in [0, 0.1) is 6.92 Å². The van der Waals surface area contributed by atoms with Gasteiger partial charge in [-0.25, -0.2) is 0 Å². The molecule has 1 amide bonds. The summed E-state index contributed by atoms with van der Waals surface area (Å²) in [5.41, 5.74) is 7.21. The van der Waals surface area contributed by atoms with Crippen LogP contribution in [0.2, 0.25) is 0 Å². The topological polar surface area (TPSA) is 55.1 Å². The van der Waals surface area contributed by atoms with Crippen molar-refractivity contribution in [2.24, 2.45) is 5.73 Å². The van der Waals surface area contributed by atoms with Crippen LogP contribution < -0.4 is 11.1 Å². The first-order chi connectivity index (χ1) is 6.72. The first-order valence-corrected chi connectivity index (χ1v) is 4.60. The molecule has 0 unspecified atom stereocenters. The maximum absolute atomic E-state index is 11.3. The quantitative estimate of drug-likeness (QED) is 0.680. The highest BCUT2D eigenvalue weighted by Crippen LogP contribution is 2.03. The Kier molecular flexibility index (Phi) is 4.01. The summed E-state index contributed by atoms with van der Waals surface area (Å²) in [7, 11) is 0. The lowest BCUT2D eigenvalue weighted by Crippen LogP contribution is -2.30. The Morgan fingerprint density at radius 3 is 2.57 bits per heavy atom. The molecule has 14 heavy (non-hydrogen) atoms. The highest BCUT2D eigenvalue weighted by molar-refractivity contribution is 5.78. The number of nitrogens with two attached hydrogens (primary N) is 1. The maximum Gasteiger partial charge on any atom is 0.224 e. The molecule has 0 bridgehead atoms. The molecule has 0 atom stereocenters. The summed E-state index contributed by atoms with van der Waals surface area (Å²) >= 11 is 0. The summed E-state index contributed by atoms with van der Waals surface area (Å²) in [6.07, 6.45) is 0.403. The van der Waals surface area contributed by atoms with Crippen molar-refractivity contribution in [1.82, 2.24) is 5.32 Å². The van der Waals surface area contributed by atoms with Crippen LogP contribution in [0.3, 0.4) is 0 Å². The van der Waals surface area contributed by atoms with E-state index in [-0.39, 0.29) is 5.91 Å². The van der Waals surface area contributed by atoms with Crippen molar-refractivity contribution in [2.75, 3.05) is 13.1 Å². The predicted octanol–water partition coefficient (Wildman–Crippen LogP) is 0.486. The van der Waals surface area contributed by atoms with Crippen molar-refractivity contribution < 1.29 is 4.79 Å².